The summed E-state index contributed by atoms with van der Waals surface area (Å²) in [5.41, 5.74) is 7.88. The topological polar surface area (TPSA) is 68.3 Å². The van der Waals surface area contributed by atoms with Crippen LogP contribution >= 0.6 is 0 Å². The summed E-state index contributed by atoms with van der Waals surface area (Å²) in [5.74, 6) is 0.154. The van der Waals surface area contributed by atoms with Crippen molar-refractivity contribution in [3.05, 3.63) is 69.6 Å². The van der Waals surface area contributed by atoms with Gasteiger partial charge in [-0.1, -0.05) is 29.8 Å². The zero-order chi connectivity index (χ0) is 17.1. The van der Waals surface area contributed by atoms with Gasteiger partial charge in [0.2, 0.25) is 0 Å². The first-order chi connectivity index (χ1) is 11.6. The van der Waals surface area contributed by atoms with Crippen LogP contribution in [0.5, 0.6) is 0 Å². The molecule has 1 fully saturated rings. The lowest BCUT2D eigenvalue weighted by Gasteiger charge is -2.16. The highest BCUT2D eigenvalue weighted by atomic mass is 16.2. The van der Waals surface area contributed by atoms with Crippen molar-refractivity contribution < 1.29 is 4.79 Å². The summed E-state index contributed by atoms with van der Waals surface area (Å²) in [6, 6.07) is 11.4. The van der Waals surface area contributed by atoms with E-state index in [1.807, 2.05) is 31.2 Å². The van der Waals surface area contributed by atoms with E-state index in [-0.39, 0.29) is 17.0 Å². The fourth-order valence-corrected chi connectivity index (χ4v) is 3.21. The van der Waals surface area contributed by atoms with Crippen LogP contribution in [0.1, 0.15) is 27.9 Å². The van der Waals surface area contributed by atoms with Gasteiger partial charge in [-0.3, -0.25) is 9.59 Å². The maximum Gasteiger partial charge on any atom is 0.263 e. The molecule has 0 spiro atoms. The molecule has 5 heteroatoms. The molecule has 1 atom stereocenters. The Morgan fingerprint density at radius 1 is 1.29 bits per heavy atom. The third-order valence-electron chi connectivity index (χ3n) is 4.59. The highest BCUT2D eigenvalue weighted by Gasteiger charge is 2.27. The number of aromatic nitrogens is 1. The van der Waals surface area contributed by atoms with E-state index < -0.39 is 0 Å². The summed E-state index contributed by atoms with van der Waals surface area (Å²) in [6.07, 6.45) is 2.64. The summed E-state index contributed by atoms with van der Waals surface area (Å²) < 4.78 is 1.60. The number of carbonyl (C=O) groups excluding carboxylic acids is 1. The Morgan fingerprint density at radius 2 is 2.12 bits per heavy atom. The lowest BCUT2D eigenvalue weighted by molar-refractivity contribution is 0.0785. The number of carbonyl (C=O) groups is 1. The zero-order valence-electron chi connectivity index (χ0n) is 13.9. The molecule has 3 rings (SSSR count). The number of amides is 1. The van der Waals surface area contributed by atoms with Gasteiger partial charge in [0.1, 0.15) is 5.56 Å². The van der Waals surface area contributed by atoms with E-state index in [4.69, 9.17) is 5.73 Å². The van der Waals surface area contributed by atoms with Crippen molar-refractivity contribution in [3.8, 4) is 0 Å². The molecule has 0 radical (unpaired) electrons. The molecule has 1 aromatic carbocycles. The van der Waals surface area contributed by atoms with Gasteiger partial charge in [-0.15, -0.1) is 0 Å². The van der Waals surface area contributed by atoms with Crippen molar-refractivity contribution in [1.82, 2.24) is 9.47 Å². The number of pyridine rings is 1. The Labute approximate surface area is 141 Å². The molecule has 1 aliphatic rings. The van der Waals surface area contributed by atoms with Crippen molar-refractivity contribution in [2.75, 3.05) is 19.6 Å². The van der Waals surface area contributed by atoms with Crippen molar-refractivity contribution in [3.63, 3.8) is 0 Å². The zero-order valence-corrected chi connectivity index (χ0v) is 13.9. The predicted octanol–water partition coefficient (Wildman–Crippen LogP) is 1.63. The van der Waals surface area contributed by atoms with Gasteiger partial charge < -0.3 is 15.2 Å². The molecule has 1 amide bonds. The van der Waals surface area contributed by atoms with Gasteiger partial charge in [0, 0.05) is 19.3 Å². The Kier molecular flexibility index (Phi) is 4.81. The fourth-order valence-electron chi connectivity index (χ4n) is 3.21. The van der Waals surface area contributed by atoms with Gasteiger partial charge in [0.25, 0.3) is 11.5 Å². The Bertz CT molecular complexity index is 797. The largest absolute Gasteiger partial charge is 0.338 e. The van der Waals surface area contributed by atoms with Crippen LogP contribution in [0.25, 0.3) is 0 Å². The molecule has 0 aliphatic carbocycles. The number of nitrogens with two attached hydrogens (primary N) is 1. The molecule has 0 unspecified atom stereocenters. The molecule has 24 heavy (non-hydrogen) atoms. The van der Waals surface area contributed by atoms with Crippen LogP contribution in [0.4, 0.5) is 0 Å². The van der Waals surface area contributed by atoms with E-state index in [0.29, 0.717) is 32.1 Å². The fraction of sp³-hybridized carbons (Fsp3) is 0.368. The molecule has 0 bridgehead atoms. The smallest absolute Gasteiger partial charge is 0.263 e. The quantitative estimate of drug-likeness (QED) is 0.929. The van der Waals surface area contributed by atoms with E-state index in [2.05, 4.69) is 0 Å². The molecule has 1 aliphatic heterocycles. The SMILES string of the molecule is Cc1cccc(Cn2cccc(C(=O)N3CC[C@@H](CN)C3)c2=O)c1. The average Bonchev–Trinajstić information content (AvgIpc) is 3.05. The lowest BCUT2D eigenvalue weighted by atomic mass is 10.1. The maximum atomic E-state index is 12.7. The summed E-state index contributed by atoms with van der Waals surface area (Å²) in [5, 5.41) is 0. The average molecular weight is 325 g/mol. The van der Waals surface area contributed by atoms with E-state index in [9.17, 15) is 9.59 Å². The van der Waals surface area contributed by atoms with E-state index in [0.717, 1.165) is 17.5 Å². The Hall–Kier alpha value is -2.40. The first-order valence-electron chi connectivity index (χ1n) is 8.33. The predicted molar refractivity (Wildman–Crippen MR) is 94.0 cm³/mol. The summed E-state index contributed by atoms with van der Waals surface area (Å²) in [6.45, 7) is 4.38. The van der Waals surface area contributed by atoms with Gasteiger partial charge in [-0.2, -0.15) is 0 Å². The third kappa shape index (κ3) is 3.41. The Balaban J connectivity index is 1.83. The highest BCUT2D eigenvalue weighted by molar-refractivity contribution is 5.94. The molecule has 1 aromatic heterocycles. The highest BCUT2D eigenvalue weighted by Crippen LogP contribution is 2.16. The molecule has 2 aromatic rings. The minimum atomic E-state index is -0.236. The molecule has 1 saturated heterocycles. The van der Waals surface area contributed by atoms with Crippen molar-refractivity contribution in [2.45, 2.75) is 19.9 Å². The summed E-state index contributed by atoms with van der Waals surface area (Å²) in [7, 11) is 0. The minimum absolute atomic E-state index is 0.186. The molecule has 126 valence electrons. The van der Waals surface area contributed by atoms with Crippen LogP contribution in [0.2, 0.25) is 0 Å². The van der Waals surface area contributed by atoms with Gasteiger partial charge in [-0.25, -0.2) is 0 Å². The maximum absolute atomic E-state index is 12.7. The van der Waals surface area contributed by atoms with Crippen LogP contribution < -0.4 is 11.3 Å². The number of likely N-dealkylation sites (tertiary alicyclic amines) is 1. The minimum Gasteiger partial charge on any atom is -0.338 e. The van der Waals surface area contributed by atoms with Gasteiger partial charge >= 0.3 is 0 Å². The van der Waals surface area contributed by atoms with Crippen LogP contribution in [0.3, 0.4) is 0 Å². The summed E-state index contributed by atoms with van der Waals surface area (Å²) >= 11 is 0. The number of benzene rings is 1. The van der Waals surface area contributed by atoms with E-state index in [1.165, 1.54) is 0 Å². The molecule has 2 heterocycles. The first-order valence-corrected chi connectivity index (χ1v) is 8.33. The molecule has 0 saturated carbocycles. The second-order valence-corrected chi connectivity index (χ2v) is 6.49. The normalized spacial score (nSPS) is 17.2. The van der Waals surface area contributed by atoms with Crippen LogP contribution in [-0.4, -0.2) is 35.0 Å². The van der Waals surface area contributed by atoms with Crippen molar-refractivity contribution in [2.24, 2.45) is 11.7 Å². The van der Waals surface area contributed by atoms with Crippen LogP contribution in [0, 0.1) is 12.8 Å². The van der Waals surface area contributed by atoms with E-state index >= 15 is 0 Å². The van der Waals surface area contributed by atoms with Gasteiger partial charge in [0.05, 0.1) is 6.54 Å². The number of hydrogen-bond acceptors (Lipinski definition) is 3. The first kappa shape index (κ1) is 16.5. The molecular weight excluding hydrogens is 302 g/mol. The second kappa shape index (κ2) is 7.01. The van der Waals surface area contributed by atoms with Crippen molar-refractivity contribution >= 4 is 5.91 Å². The molecular formula is C19H23N3O2. The second-order valence-electron chi connectivity index (χ2n) is 6.49. The lowest BCUT2D eigenvalue weighted by Crippen LogP contribution is -2.35. The third-order valence-corrected chi connectivity index (χ3v) is 4.59. The number of nitrogens with zero attached hydrogens (tertiary/aromatic N) is 2. The van der Waals surface area contributed by atoms with Crippen molar-refractivity contribution in [1.29, 1.82) is 0 Å². The van der Waals surface area contributed by atoms with Crippen LogP contribution in [-0.2, 0) is 6.54 Å². The van der Waals surface area contributed by atoms with Crippen LogP contribution in [0.15, 0.2) is 47.4 Å². The number of hydrogen-bond donors (Lipinski definition) is 1. The molecule has 5 nitrogen and oxygen atoms in total. The number of rotatable bonds is 4. The summed E-state index contributed by atoms with van der Waals surface area (Å²) in [4.78, 5) is 27.1. The molecule has 2 N–H and O–H groups in total. The standard InChI is InChI=1S/C19H23N3O2/c1-14-4-2-5-15(10-14)12-21-8-3-6-17(18(21)23)19(24)22-9-7-16(11-20)13-22/h2-6,8,10,16H,7,9,11-13,20H2,1H3/t16-/m0/s1. The Morgan fingerprint density at radius 3 is 2.83 bits per heavy atom. The van der Waals surface area contributed by atoms with Gasteiger partial charge in [0.15, 0.2) is 0 Å². The monoisotopic (exact) mass is 325 g/mol. The van der Waals surface area contributed by atoms with E-state index in [1.54, 1.807) is 27.8 Å². The number of aryl methyl sites for hydroxylation is 1. The van der Waals surface area contributed by atoms with Gasteiger partial charge in [-0.05, 0) is 43.5 Å².